The Balaban J connectivity index is 1.95. The van der Waals surface area contributed by atoms with Gasteiger partial charge in [-0.25, -0.2) is 0 Å². The van der Waals surface area contributed by atoms with Crippen LogP contribution in [0.5, 0.6) is 5.75 Å². The van der Waals surface area contributed by atoms with Gasteiger partial charge in [0.2, 0.25) is 0 Å². The molecule has 1 unspecified atom stereocenters. The second-order valence-corrected chi connectivity index (χ2v) is 6.02. The number of benzene rings is 2. The summed E-state index contributed by atoms with van der Waals surface area (Å²) >= 11 is 0. The number of amidine groups is 1. The molecule has 0 amide bonds. The Hall–Kier alpha value is -2.33. The first-order chi connectivity index (χ1) is 11.2. The predicted molar refractivity (Wildman–Crippen MR) is 91.3 cm³/mol. The van der Waals surface area contributed by atoms with E-state index < -0.39 is 5.60 Å². The summed E-state index contributed by atoms with van der Waals surface area (Å²) in [6.45, 7) is 1.65. The molecule has 1 N–H and O–H groups in total. The Bertz CT molecular complexity index is 771. The highest BCUT2D eigenvalue weighted by Crippen LogP contribution is 2.46. The maximum atomic E-state index is 11.7. The molecule has 0 aliphatic carbocycles. The largest absolute Gasteiger partial charge is 0.497 e. The van der Waals surface area contributed by atoms with Crippen LogP contribution in [0.15, 0.2) is 53.5 Å². The molecule has 2 aromatic rings. The summed E-state index contributed by atoms with van der Waals surface area (Å²) in [5, 5.41) is 11.7. The Morgan fingerprint density at radius 3 is 2.87 bits per heavy atom. The zero-order chi connectivity index (χ0) is 15.9. The quantitative estimate of drug-likeness (QED) is 0.928. The molecule has 0 bridgehead atoms. The maximum absolute atomic E-state index is 11.7. The van der Waals surface area contributed by atoms with Gasteiger partial charge in [-0.05, 0) is 36.6 Å². The Morgan fingerprint density at radius 1 is 1.13 bits per heavy atom. The van der Waals surface area contributed by atoms with Gasteiger partial charge in [-0.1, -0.05) is 30.3 Å². The minimum absolute atomic E-state index is 0.737. The van der Waals surface area contributed by atoms with E-state index in [-0.39, 0.29) is 0 Å². The number of ether oxygens (including phenoxy) is 1. The standard InChI is InChI=1S/C19H20N2O2/c1-23-15-8-6-7-14(13-15)19(22)16-9-2-3-10-17(16)21-12-5-4-11-20-18(19)21/h2-3,6-10,13,22H,4-5,11-12H2,1H3. The van der Waals surface area contributed by atoms with Gasteiger partial charge in [-0.2, -0.15) is 0 Å². The lowest BCUT2D eigenvalue weighted by atomic mass is 9.87. The zero-order valence-corrected chi connectivity index (χ0v) is 13.2. The lowest BCUT2D eigenvalue weighted by Crippen LogP contribution is -2.41. The fourth-order valence-corrected chi connectivity index (χ4v) is 3.57. The first-order valence-electron chi connectivity index (χ1n) is 8.04. The number of nitrogens with zero attached hydrogens (tertiary/aromatic N) is 2. The molecule has 2 heterocycles. The number of methoxy groups -OCH3 is 1. The van der Waals surface area contributed by atoms with Crippen molar-refractivity contribution >= 4 is 11.5 Å². The topological polar surface area (TPSA) is 45.1 Å². The summed E-state index contributed by atoms with van der Waals surface area (Å²) in [6, 6.07) is 15.7. The van der Waals surface area contributed by atoms with Crippen LogP contribution in [0.4, 0.5) is 5.69 Å². The van der Waals surface area contributed by atoms with E-state index in [1.165, 1.54) is 0 Å². The summed E-state index contributed by atoms with van der Waals surface area (Å²) in [4.78, 5) is 6.91. The maximum Gasteiger partial charge on any atom is 0.174 e. The van der Waals surface area contributed by atoms with Gasteiger partial charge in [-0.3, -0.25) is 4.99 Å². The average Bonchev–Trinajstić information content (AvgIpc) is 2.77. The Labute approximate surface area is 136 Å². The minimum Gasteiger partial charge on any atom is -0.497 e. The highest BCUT2D eigenvalue weighted by atomic mass is 16.5. The zero-order valence-electron chi connectivity index (χ0n) is 13.2. The second kappa shape index (κ2) is 5.39. The summed E-state index contributed by atoms with van der Waals surface area (Å²) in [5.41, 5.74) is 1.54. The number of rotatable bonds is 2. The first-order valence-corrected chi connectivity index (χ1v) is 8.04. The minimum atomic E-state index is -1.21. The molecule has 4 rings (SSSR count). The van der Waals surface area contributed by atoms with Crippen molar-refractivity contribution in [2.75, 3.05) is 25.1 Å². The van der Waals surface area contributed by atoms with Crippen molar-refractivity contribution in [3.63, 3.8) is 0 Å². The van der Waals surface area contributed by atoms with E-state index in [1.54, 1.807) is 7.11 Å². The van der Waals surface area contributed by atoms with Crippen LogP contribution in [-0.4, -0.2) is 31.1 Å². The number of anilines is 1. The number of hydrogen-bond acceptors (Lipinski definition) is 4. The van der Waals surface area contributed by atoms with Crippen LogP contribution in [0.1, 0.15) is 24.0 Å². The van der Waals surface area contributed by atoms with E-state index in [2.05, 4.69) is 11.0 Å². The molecule has 2 aliphatic rings. The number of aliphatic hydroxyl groups is 1. The lowest BCUT2D eigenvalue weighted by molar-refractivity contribution is 0.159. The molecule has 4 nitrogen and oxygen atoms in total. The molecule has 4 heteroatoms. The second-order valence-electron chi connectivity index (χ2n) is 6.02. The van der Waals surface area contributed by atoms with Crippen LogP contribution in [-0.2, 0) is 5.60 Å². The van der Waals surface area contributed by atoms with Gasteiger partial charge < -0.3 is 14.7 Å². The predicted octanol–water partition coefficient (Wildman–Crippen LogP) is 2.94. The van der Waals surface area contributed by atoms with Gasteiger partial charge in [-0.15, -0.1) is 0 Å². The van der Waals surface area contributed by atoms with Crippen molar-refractivity contribution in [1.82, 2.24) is 0 Å². The van der Waals surface area contributed by atoms with Crippen LogP contribution in [0.25, 0.3) is 0 Å². The number of aliphatic imine (C=N–C) groups is 1. The van der Waals surface area contributed by atoms with Crippen molar-refractivity contribution < 1.29 is 9.84 Å². The van der Waals surface area contributed by atoms with E-state index in [9.17, 15) is 5.11 Å². The summed E-state index contributed by atoms with van der Waals surface area (Å²) in [6.07, 6.45) is 2.13. The lowest BCUT2D eigenvalue weighted by Gasteiger charge is -2.27. The van der Waals surface area contributed by atoms with Gasteiger partial charge in [0.1, 0.15) is 11.6 Å². The van der Waals surface area contributed by atoms with Crippen LogP contribution in [0, 0.1) is 0 Å². The molecule has 2 aliphatic heterocycles. The van der Waals surface area contributed by atoms with Gasteiger partial charge in [0.05, 0.1) is 7.11 Å². The number of para-hydroxylation sites is 1. The van der Waals surface area contributed by atoms with Crippen molar-refractivity contribution in [2.24, 2.45) is 4.99 Å². The summed E-state index contributed by atoms with van der Waals surface area (Å²) in [5.74, 6) is 1.48. The molecular formula is C19H20N2O2. The van der Waals surface area contributed by atoms with Crippen LogP contribution >= 0.6 is 0 Å². The van der Waals surface area contributed by atoms with Crippen LogP contribution < -0.4 is 9.64 Å². The molecule has 0 saturated heterocycles. The molecule has 0 aromatic heterocycles. The Kier molecular flexibility index (Phi) is 3.34. The van der Waals surface area contributed by atoms with E-state index in [4.69, 9.17) is 9.73 Å². The molecule has 118 valence electrons. The van der Waals surface area contributed by atoms with Gasteiger partial charge in [0, 0.05) is 24.3 Å². The third-order valence-electron chi connectivity index (χ3n) is 4.70. The average molecular weight is 308 g/mol. The molecule has 0 radical (unpaired) electrons. The number of hydrogen-bond donors (Lipinski definition) is 1. The van der Waals surface area contributed by atoms with Gasteiger partial charge >= 0.3 is 0 Å². The molecule has 1 atom stereocenters. The highest BCUT2D eigenvalue weighted by Gasteiger charge is 2.49. The summed E-state index contributed by atoms with van der Waals surface area (Å²) < 4.78 is 5.34. The molecule has 0 spiro atoms. The summed E-state index contributed by atoms with van der Waals surface area (Å²) in [7, 11) is 1.64. The fourth-order valence-electron chi connectivity index (χ4n) is 3.57. The molecular weight excluding hydrogens is 288 g/mol. The monoisotopic (exact) mass is 308 g/mol. The van der Waals surface area contributed by atoms with E-state index >= 15 is 0 Å². The Morgan fingerprint density at radius 2 is 2.00 bits per heavy atom. The smallest absolute Gasteiger partial charge is 0.174 e. The van der Waals surface area contributed by atoms with Crippen molar-refractivity contribution in [3.8, 4) is 5.75 Å². The van der Waals surface area contributed by atoms with E-state index in [0.717, 1.165) is 54.3 Å². The van der Waals surface area contributed by atoms with Crippen molar-refractivity contribution in [3.05, 3.63) is 59.7 Å². The molecule has 23 heavy (non-hydrogen) atoms. The third-order valence-corrected chi connectivity index (χ3v) is 4.70. The van der Waals surface area contributed by atoms with Gasteiger partial charge in [0.15, 0.2) is 5.60 Å². The normalized spacial score (nSPS) is 22.9. The fraction of sp³-hybridized carbons (Fsp3) is 0.316. The first kappa shape index (κ1) is 14.3. The van der Waals surface area contributed by atoms with E-state index in [0.29, 0.717) is 0 Å². The van der Waals surface area contributed by atoms with Crippen molar-refractivity contribution in [1.29, 1.82) is 0 Å². The highest BCUT2D eigenvalue weighted by molar-refractivity contribution is 6.12. The van der Waals surface area contributed by atoms with Crippen LogP contribution in [0.2, 0.25) is 0 Å². The van der Waals surface area contributed by atoms with Crippen molar-refractivity contribution in [2.45, 2.75) is 18.4 Å². The molecule has 0 saturated carbocycles. The third kappa shape index (κ3) is 2.05. The SMILES string of the molecule is COc1cccc(C2(O)C3=NCCCCN3c3ccccc32)c1. The van der Waals surface area contributed by atoms with Gasteiger partial charge in [0.25, 0.3) is 0 Å². The van der Waals surface area contributed by atoms with Crippen LogP contribution in [0.3, 0.4) is 0 Å². The molecule has 2 aromatic carbocycles. The number of fused-ring (bicyclic) bond motifs is 3. The molecule has 0 fully saturated rings. The van der Waals surface area contributed by atoms with E-state index in [1.807, 2.05) is 42.5 Å².